The molecule has 0 bridgehead atoms. The van der Waals surface area contributed by atoms with Gasteiger partial charge in [-0.05, 0) is 87.1 Å². The Hall–Kier alpha value is -2.69. The molecule has 1 aliphatic rings. The van der Waals surface area contributed by atoms with Crippen LogP contribution in [0.3, 0.4) is 0 Å². The molecule has 0 aliphatic heterocycles. The first kappa shape index (κ1) is 26.9. The van der Waals surface area contributed by atoms with E-state index < -0.39 is 12.1 Å². The largest absolute Gasteiger partial charge is 0.460 e. The fraction of sp³-hybridized carbons (Fsp3) is 0.533. The van der Waals surface area contributed by atoms with E-state index in [1.54, 1.807) is 0 Å². The van der Waals surface area contributed by atoms with E-state index in [0.717, 1.165) is 49.7 Å². The number of alkyl halides is 1. The van der Waals surface area contributed by atoms with Gasteiger partial charge >= 0.3 is 11.9 Å². The molecule has 4 nitrogen and oxygen atoms in total. The summed E-state index contributed by atoms with van der Waals surface area (Å²) < 4.78 is 23.9. The zero-order chi connectivity index (χ0) is 25.2. The highest BCUT2D eigenvalue weighted by Gasteiger charge is 2.26. The second-order valence-electron chi connectivity index (χ2n) is 9.79. The number of halogens is 1. The van der Waals surface area contributed by atoms with Gasteiger partial charge in [-0.3, -0.25) is 0 Å². The molecular formula is C30H39FO4. The number of unbranched alkanes of at least 4 members (excludes halogenated alkanes) is 3. The van der Waals surface area contributed by atoms with E-state index in [4.69, 9.17) is 9.47 Å². The minimum Gasteiger partial charge on any atom is -0.460 e. The lowest BCUT2D eigenvalue weighted by Gasteiger charge is -2.28. The van der Waals surface area contributed by atoms with Gasteiger partial charge in [-0.2, -0.15) is 0 Å². The number of benzene rings is 2. The maximum Gasteiger partial charge on any atom is 0.340 e. The van der Waals surface area contributed by atoms with Gasteiger partial charge in [0.05, 0.1) is 11.7 Å². The Labute approximate surface area is 209 Å². The van der Waals surface area contributed by atoms with E-state index >= 15 is 0 Å². The van der Waals surface area contributed by atoms with Crippen LogP contribution in [0.1, 0.15) is 100 Å². The van der Waals surface area contributed by atoms with Crippen LogP contribution in [-0.2, 0) is 14.3 Å². The second-order valence-corrected chi connectivity index (χ2v) is 9.79. The minimum atomic E-state index is -1.57. The smallest absolute Gasteiger partial charge is 0.340 e. The standard InChI is InChI=1S/C30H39FO4/c1-4-5-6-7-8-21(2)34-30(33)27-15-13-25(14-16-27)23-9-11-24(12-10-23)26-17-19-28(20-18-26)35-29(32)22(3)31/h9-16,21-22,26,28H,4-8,17-20H2,1-3H3/t21-,22+,26?,28?/m1/s1. The van der Waals surface area contributed by atoms with Gasteiger partial charge in [-0.15, -0.1) is 0 Å². The van der Waals surface area contributed by atoms with Crippen LogP contribution in [0.5, 0.6) is 0 Å². The Balaban J connectivity index is 1.50. The predicted molar refractivity (Wildman–Crippen MR) is 137 cm³/mol. The van der Waals surface area contributed by atoms with Crippen molar-refractivity contribution in [2.75, 3.05) is 0 Å². The minimum absolute atomic E-state index is 0.0686. The zero-order valence-corrected chi connectivity index (χ0v) is 21.3. The molecule has 35 heavy (non-hydrogen) atoms. The molecule has 0 unspecified atom stereocenters. The van der Waals surface area contributed by atoms with Crippen molar-refractivity contribution in [3.8, 4) is 11.1 Å². The quantitative estimate of drug-likeness (QED) is 0.242. The van der Waals surface area contributed by atoms with Crippen molar-refractivity contribution in [3.05, 3.63) is 59.7 Å². The topological polar surface area (TPSA) is 52.6 Å². The Morgan fingerprint density at radius 2 is 1.49 bits per heavy atom. The summed E-state index contributed by atoms with van der Waals surface area (Å²) in [6, 6.07) is 16.1. The molecular weight excluding hydrogens is 443 g/mol. The molecule has 5 heteroatoms. The van der Waals surface area contributed by atoms with E-state index in [1.807, 2.05) is 31.2 Å². The molecule has 0 aromatic heterocycles. The van der Waals surface area contributed by atoms with Gasteiger partial charge < -0.3 is 9.47 Å². The highest BCUT2D eigenvalue weighted by Crippen LogP contribution is 2.35. The number of rotatable bonds is 11. The molecule has 0 radical (unpaired) electrons. The highest BCUT2D eigenvalue weighted by molar-refractivity contribution is 5.90. The van der Waals surface area contributed by atoms with Gasteiger partial charge in [0, 0.05) is 0 Å². The molecule has 190 valence electrons. The van der Waals surface area contributed by atoms with Gasteiger partial charge in [0.15, 0.2) is 6.17 Å². The Kier molecular flexibility index (Phi) is 10.3. The number of carbonyl (C=O) groups excluding carboxylic acids is 2. The Morgan fingerprint density at radius 1 is 0.886 bits per heavy atom. The average Bonchev–Trinajstić information content (AvgIpc) is 2.87. The summed E-state index contributed by atoms with van der Waals surface area (Å²) in [6.07, 6.45) is 7.16. The van der Waals surface area contributed by atoms with Crippen molar-refractivity contribution in [1.29, 1.82) is 0 Å². The summed E-state index contributed by atoms with van der Waals surface area (Å²) in [6.45, 7) is 5.36. The Bertz CT molecular complexity index is 928. The van der Waals surface area contributed by atoms with Crippen LogP contribution >= 0.6 is 0 Å². The van der Waals surface area contributed by atoms with Gasteiger partial charge in [-0.25, -0.2) is 14.0 Å². The summed E-state index contributed by atoms with van der Waals surface area (Å²) in [5.74, 6) is -0.603. The third-order valence-electron chi connectivity index (χ3n) is 6.89. The molecule has 2 aromatic rings. The first-order chi connectivity index (χ1) is 16.9. The van der Waals surface area contributed by atoms with E-state index in [0.29, 0.717) is 11.5 Å². The summed E-state index contributed by atoms with van der Waals surface area (Å²) >= 11 is 0. The SMILES string of the molecule is CCCCCC[C@@H](C)OC(=O)c1ccc(-c2ccc(C3CCC(OC(=O)[C@H](C)F)CC3)cc2)cc1. The maximum atomic E-state index is 13.0. The van der Waals surface area contributed by atoms with Crippen molar-refractivity contribution >= 4 is 11.9 Å². The lowest BCUT2D eigenvalue weighted by atomic mass is 9.82. The molecule has 0 saturated heterocycles. The fourth-order valence-corrected chi connectivity index (χ4v) is 4.69. The van der Waals surface area contributed by atoms with Crippen molar-refractivity contribution < 1.29 is 23.5 Å². The van der Waals surface area contributed by atoms with Crippen molar-refractivity contribution in [2.45, 2.75) is 103 Å². The number of hydrogen-bond acceptors (Lipinski definition) is 4. The first-order valence-electron chi connectivity index (χ1n) is 13.1. The Morgan fingerprint density at radius 3 is 2.06 bits per heavy atom. The molecule has 1 saturated carbocycles. The average molecular weight is 483 g/mol. The lowest BCUT2D eigenvalue weighted by Crippen LogP contribution is -2.27. The maximum absolute atomic E-state index is 13.0. The first-order valence-corrected chi connectivity index (χ1v) is 13.1. The van der Waals surface area contributed by atoms with Crippen molar-refractivity contribution in [2.24, 2.45) is 0 Å². The normalized spacial score (nSPS) is 19.5. The highest BCUT2D eigenvalue weighted by atomic mass is 19.1. The van der Waals surface area contributed by atoms with Gasteiger partial charge in [0.25, 0.3) is 0 Å². The fourth-order valence-electron chi connectivity index (χ4n) is 4.69. The molecule has 0 N–H and O–H groups in total. The predicted octanol–water partition coefficient (Wildman–Crippen LogP) is 7.80. The van der Waals surface area contributed by atoms with Crippen molar-refractivity contribution in [3.63, 3.8) is 0 Å². The third kappa shape index (κ3) is 8.19. The number of ether oxygens (including phenoxy) is 2. The van der Waals surface area contributed by atoms with Crippen LogP contribution in [0.2, 0.25) is 0 Å². The van der Waals surface area contributed by atoms with Crippen LogP contribution in [0, 0.1) is 0 Å². The van der Waals surface area contributed by atoms with E-state index in [-0.39, 0.29) is 18.2 Å². The van der Waals surface area contributed by atoms with Crippen LogP contribution in [0.25, 0.3) is 11.1 Å². The summed E-state index contributed by atoms with van der Waals surface area (Å²) in [7, 11) is 0. The zero-order valence-electron chi connectivity index (χ0n) is 21.3. The number of esters is 2. The molecule has 2 atom stereocenters. The molecule has 0 amide bonds. The monoisotopic (exact) mass is 482 g/mol. The number of hydrogen-bond donors (Lipinski definition) is 0. The van der Waals surface area contributed by atoms with Crippen LogP contribution in [0.4, 0.5) is 4.39 Å². The third-order valence-corrected chi connectivity index (χ3v) is 6.89. The number of carbonyl (C=O) groups is 2. The van der Waals surface area contributed by atoms with E-state index in [2.05, 4.69) is 31.2 Å². The lowest BCUT2D eigenvalue weighted by molar-refractivity contribution is -0.156. The molecule has 3 rings (SSSR count). The van der Waals surface area contributed by atoms with Crippen molar-refractivity contribution in [1.82, 2.24) is 0 Å². The van der Waals surface area contributed by atoms with E-state index in [9.17, 15) is 14.0 Å². The molecule has 0 heterocycles. The van der Waals surface area contributed by atoms with Crippen LogP contribution in [-0.4, -0.2) is 30.3 Å². The van der Waals surface area contributed by atoms with Crippen LogP contribution < -0.4 is 0 Å². The summed E-state index contributed by atoms with van der Waals surface area (Å²) in [4.78, 5) is 23.9. The summed E-state index contributed by atoms with van der Waals surface area (Å²) in [5, 5.41) is 0. The summed E-state index contributed by atoms with van der Waals surface area (Å²) in [5.41, 5.74) is 3.99. The van der Waals surface area contributed by atoms with Gasteiger partial charge in [0.1, 0.15) is 6.10 Å². The van der Waals surface area contributed by atoms with Crippen LogP contribution in [0.15, 0.2) is 48.5 Å². The molecule has 0 spiro atoms. The molecule has 2 aromatic carbocycles. The molecule has 1 fully saturated rings. The van der Waals surface area contributed by atoms with Gasteiger partial charge in [-0.1, -0.05) is 62.6 Å². The van der Waals surface area contributed by atoms with E-state index in [1.165, 1.54) is 31.7 Å². The second kappa shape index (κ2) is 13.4. The van der Waals surface area contributed by atoms with Gasteiger partial charge in [0.2, 0.25) is 0 Å². The molecule has 1 aliphatic carbocycles.